The highest BCUT2D eigenvalue weighted by Crippen LogP contribution is 1.98. The molecule has 0 bridgehead atoms. The average Bonchev–Trinajstić information content (AvgIpc) is 2.13. The number of carbonyl (C=O) groups excluding carboxylic acids is 2. The first-order valence-corrected chi connectivity index (χ1v) is 5.23. The van der Waals surface area contributed by atoms with Crippen molar-refractivity contribution in [3.05, 3.63) is 0 Å². The third-order valence-corrected chi connectivity index (χ3v) is 2.06. The molecule has 0 aliphatic carbocycles. The van der Waals surface area contributed by atoms with Gasteiger partial charge in [-0.1, -0.05) is 22.9 Å². The van der Waals surface area contributed by atoms with E-state index < -0.39 is 6.09 Å². The number of nitrogens with one attached hydrogen (secondary N) is 1. The van der Waals surface area contributed by atoms with Crippen molar-refractivity contribution in [2.75, 3.05) is 18.5 Å². The number of Topliss-reactive ketones (excluding diaryl/α,β-unsaturated/α-hetero) is 1. The van der Waals surface area contributed by atoms with Gasteiger partial charge in [0.1, 0.15) is 5.78 Å². The van der Waals surface area contributed by atoms with Gasteiger partial charge in [0, 0.05) is 12.5 Å². The maximum absolute atomic E-state index is 11.0. The number of alkyl carbamates (subject to hydrolysis) is 1. The minimum Gasteiger partial charge on any atom is -0.450 e. The fourth-order valence-corrected chi connectivity index (χ4v) is 1.22. The molecular formula is C8H14BrNO3. The van der Waals surface area contributed by atoms with Crippen molar-refractivity contribution >= 4 is 27.8 Å². The molecule has 0 spiro atoms. The Bertz CT molecular complexity index is 184. The van der Waals surface area contributed by atoms with E-state index in [1.54, 1.807) is 13.8 Å². The topological polar surface area (TPSA) is 55.4 Å². The number of ketones is 1. The predicted molar refractivity (Wildman–Crippen MR) is 53.0 cm³/mol. The van der Waals surface area contributed by atoms with Crippen LogP contribution in [0.5, 0.6) is 0 Å². The Morgan fingerprint density at radius 3 is 2.62 bits per heavy atom. The molecule has 0 aromatic rings. The third kappa shape index (κ3) is 5.63. The lowest BCUT2D eigenvalue weighted by Crippen LogP contribution is -2.32. The lowest BCUT2D eigenvalue weighted by molar-refractivity contribution is -0.119. The molecule has 76 valence electrons. The second-order valence-electron chi connectivity index (χ2n) is 2.60. The molecule has 1 atom stereocenters. The van der Waals surface area contributed by atoms with Crippen molar-refractivity contribution in [2.45, 2.75) is 13.8 Å². The first-order valence-electron chi connectivity index (χ1n) is 4.11. The summed E-state index contributed by atoms with van der Waals surface area (Å²) in [5, 5.41) is 2.81. The van der Waals surface area contributed by atoms with Gasteiger partial charge in [0.25, 0.3) is 0 Å². The van der Waals surface area contributed by atoms with E-state index in [0.29, 0.717) is 18.5 Å². The first kappa shape index (κ1) is 12.4. The molecule has 0 rings (SSSR count). The largest absolute Gasteiger partial charge is 0.450 e. The van der Waals surface area contributed by atoms with Gasteiger partial charge in [0.2, 0.25) is 0 Å². The zero-order valence-corrected chi connectivity index (χ0v) is 9.39. The molecule has 1 amide bonds. The van der Waals surface area contributed by atoms with Crippen molar-refractivity contribution in [1.29, 1.82) is 0 Å². The standard InChI is InChI=1S/C8H14BrNO3/c1-3-13-8(12)10-5-6(2)7(11)4-9/h6H,3-5H2,1-2H3,(H,10,12). The number of ether oxygens (including phenoxy) is 1. The van der Waals surface area contributed by atoms with Gasteiger partial charge >= 0.3 is 6.09 Å². The van der Waals surface area contributed by atoms with E-state index >= 15 is 0 Å². The molecular weight excluding hydrogens is 238 g/mol. The number of alkyl halides is 1. The molecule has 0 heterocycles. The minimum atomic E-state index is -0.475. The molecule has 13 heavy (non-hydrogen) atoms. The van der Waals surface area contributed by atoms with Crippen LogP contribution in [0.1, 0.15) is 13.8 Å². The summed E-state index contributed by atoms with van der Waals surface area (Å²) < 4.78 is 4.63. The Morgan fingerprint density at radius 1 is 1.54 bits per heavy atom. The summed E-state index contributed by atoms with van der Waals surface area (Å²) in [4.78, 5) is 21.8. The summed E-state index contributed by atoms with van der Waals surface area (Å²) in [6.45, 7) is 4.15. The number of rotatable bonds is 5. The average molecular weight is 252 g/mol. The second-order valence-corrected chi connectivity index (χ2v) is 3.16. The molecule has 0 radical (unpaired) electrons. The molecule has 0 aliphatic heterocycles. The van der Waals surface area contributed by atoms with Crippen LogP contribution in [-0.2, 0) is 9.53 Å². The SMILES string of the molecule is CCOC(=O)NCC(C)C(=O)CBr. The highest BCUT2D eigenvalue weighted by molar-refractivity contribution is 9.09. The van der Waals surface area contributed by atoms with Gasteiger partial charge in [-0.05, 0) is 6.92 Å². The van der Waals surface area contributed by atoms with Crippen LogP contribution in [0, 0.1) is 5.92 Å². The van der Waals surface area contributed by atoms with Gasteiger partial charge in [-0.2, -0.15) is 0 Å². The van der Waals surface area contributed by atoms with Gasteiger partial charge in [-0.3, -0.25) is 4.79 Å². The monoisotopic (exact) mass is 251 g/mol. The normalized spacial score (nSPS) is 11.9. The summed E-state index contributed by atoms with van der Waals surface area (Å²) in [6, 6.07) is 0. The summed E-state index contributed by atoms with van der Waals surface area (Å²) in [5.74, 6) is -0.111. The predicted octanol–water partition coefficient (Wildman–Crippen LogP) is 1.33. The molecule has 5 heteroatoms. The lowest BCUT2D eigenvalue weighted by Gasteiger charge is -2.09. The van der Waals surface area contributed by atoms with Crippen LogP contribution in [0.2, 0.25) is 0 Å². The fourth-order valence-electron chi connectivity index (χ4n) is 0.664. The van der Waals surface area contributed by atoms with E-state index in [9.17, 15) is 9.59 Å². The summed E-state index contributed by atoms with van der Waals surface area (Å²) in [6.07, 6.45) is -0.475. The number of hydrogen-bond donors (Lipinski definition) is 1. The number of carbonyl (C=O) groups is 2. The lowest BCUT2D eigenvalue weighted by atomic mass is 10.1. The molecule has 0 aromatic heterocycles. The molecule has 0 fully saturated rings. The smallest absolute Gasteiger partial charge is 0.407 e. The Labute approximate surface area is 86.1 Å². The summed E-state index contributed by atoms with van der Waals surface area (Å²) >= 11 is 3.06. The van der Waals surface area contributed by atoms with Crippen molar-refractivity contribution in [3.8, 4) is 0 Å². The van der Waals surface area contributed by atoms with Crippen LogP contribution in [0.3, 0.4) is 0 Å². The van der Waals surface area contributed by atoms with E-state index in [1.165, 1.54) is 0 Å². The van der Waals surface area contributed by atoms with E-state index in [2.05, 4.69) is 26.0 Å². The van der Waals surface area contributed by atoms with Gasteiger partial charge in [0.05, 0.1) is 11.9 Å². The molecule has 1 unspecified atom stereocenters. The van der Waals surface area contributed by atoms with Crippen molar-refractivity contribution < 1.29 is 14.3 Å². The quantitative estimate of drug-likeness (QED) is 0.751. The first-order chi connectivity index (χ1) is 6.11. The zero-order chi connectivity index (χ0) is 10.3. The Balaban J connectivity index is 3.63. The highest BCUT2D eigenvalue weighted by Gasteiger charge is 2.12. The number of hydrogen-bond acceptors (Lipinski definition) is 3. The molecule has 4 nitrogen and oxygen atoms in total. The Hall–Kier alpha value is -0.580. The van der Waals surface area contributed by atoms with Crippen LogP contribution >= 0.6 is 15.9 Å². The van der Waals surface area contributed by atoms with Crippen LogP contribution in [-0.4, -0.2) is 30.4 Å². The molecule has 0 aliphatic rings. The van der Waals surface area contributed by atoms with Crippen molar-refractivity contribution in [1.82, 2.24) is 5.32 Å². The molecule has 1 N–H and O–H groups in total. The van der Waals surface area contributed by atoms with Crippen LogP contribution < -0.4 is 5.32 Å². The van der Waals surface area contributed by atoms with E-state index in [-0.39, 0.29) is 11.7 Å². The zero-order valence-electron chi connectivity index (χ0n) is 7.80. The third-order valence-electron chi connectivity index (χ3n) is 1.51. The van der Waals surface area contributed by atoms with E-state index in [0.717, 1.165) is 0 Å². The van der Waals surface area contributed by atoms with E-state index in [4.69, 9.17) is 0 Å². The Kier molecular flexibility index (Phi) is 6.58. The highest BCUT2D eigenvalue weighted by atomic mass is 79.9. The maximum atomic E-state index is 11.0. The Morgan fingerprint density at radius 2 is 2.15 bits per heavy atom. The van der Waals surface area contributed by atoms with Gasteiger partial charge in [-0.15, -0.1) is 0 Å². The second kappa shape index (κ2) is 6.88. The van der Waals surface area contributed by atoms with Gasteiger partial charge in [0.15, 0.2) is 0 Å². The van der Waals surface area contributed by atoms with Gasteiger partial charge < -0.3 is 10.1 Å². The molecule has 0 saturated heterocycles. The van der Waals surface area contributed by atoms with Crippen LogP contribution in [0.25, 0.3) is 0 Å². The summed E-state index contributed by atoms with van der Waals surface area (Å²) in [7, 11) is 0. The summed E-state index contributed by atoms with van der Waals surface area (Å²) in [5.41, 5.74) is 0. The van der Waals surface area contributed by atoms with Gasteiger partial charge in [-0.25, -0.2) is 4.79 Å². The van der Waals surface area contributed by atoms with Crippen LogP contribution in [0.4, 0.5) is 4.79 Å². The fraction of sp³-hybridized carbons (Fsp3) is 0.750. The minimum absolute atomic E-state index is 0.0665. The van der Waals surface area contributed by atoms with Crippen molar-refractivity contribution in [2.24, 2.45) is 5.92 Å². The van der Waals surface area contributed by atoms with Crippen LogP contribution in [0.15, 0.2) is 0 Å². The van der Waals surface area contributed by atoms with Crippen molar-refractivity contribution in [3.63, 3.8) is 0 Å². The maximum Gasteiger partial charge on any atom is 0.407 e. The number of halogens is 1. The molecule has 0 aromatic carbocycles. The molecule has 0 saturated carbocycles. The number of amides is 1. The van der Waals surface area contributed by atoms with E-state index in [1.807, 2.05) is 0 Å².